The fourth-order valence-corrected chi connectivity index (χ4v) is 1.78. The number of nitrogens with zero attached hydrogens (tertiary/aromatic N) is 1. The van der Waals surface area contributed by atoms with Crippen molar-refractivity contribution in [1.82, 2.24) is 10.5 Å². The Morgan fingerprint density at radius 1 is 1.25 bits per heavy atom. The fraction of sp³-hybridized carbons (Fsp3) is 0.200. The Morgan fingerprint density at radius 3 is 2.58 bits per heavy atom. The smallest absolute Gasteiger partial charge is 0.325 e. The molecule has 0 aliphatic rings. The molecule has 2 N–H and O–H groups in total. The summed E-state index contributed by atoms with van der Waals surface area (Å²) >= 11 is 5.72. The van der Waals surface area contributed by atoms with Crippen LogP contribution in [0, 0.1) is 6.92 Å². The zero-order valence-corrected chi connectivity index (χ0v) is 13.4. The quantitative estimate of drug-likeness (QED) is 0.764. The highest BCUT2D eigenvalue weighted by Gasteiger charge is 2.12. The number of hydrogen-bond donors (Lipinski definition) is 2. The Bertz CT molecular complexity index is 742. The van der Waals surface area contributed by atoms with Crippen LogP contribution < -0.4 is 10.6 Å². The molecule has 8 nitrogen and oxygen atoms in total. The number of ether oxygens (including phenoxy) is 1. The fourth-order valence-electron chi connectivity index (χ4n) is 1.66. The van der Waals surface area contributed by atoms with Gasteiger partial charge in [-0.15, -0.1) is 0 Å². The van der Waals surface area contributed by atoms with Crippen molar-refractivity contribution in [2.24, 2.45) is 0 Å². The van der Waals surface area contributed by atoms with Gasteiger partial charge in [0.2, 0.25) is 0 Å². The first-order valence-electron chi connectivity index (χ1n) is 6.86. The molecule has 0 atom stereocenters. The van der Waals surface area contributed by atoms with E-state index in [0.29, 0.717) is 16.3 Å². The van der Waals surface area contributed by atoms with Gasteiger partial charge in [0.25, 0.3) is 11.8 Å². The Labute approximate surface area is 142 Å². The Balaban J connectivity index is 1.70. The summed E-state index contributed by atoms with van der Waals surface area (Å²) in [5.41, 5.74) is 0.353. The van der Waals surface area contributed by atoms with Crippen molar-refractivity contribution in [2.45, 2.75) is 6.92 Å². The van der Waals surface area contributed by atoms with E-state index in [9.17, 15) is 14.4 Å². The number of halogens is 1. The summed E-state index contributed by atoms with van der Waals surface area (Å²) in [6.07, 6.45) is 0. The third kappa shape index (κ3) is 5.40. The second-order valence-corrected chi connectivity index (χ2v) is 5.16. The SMILES string of the molecule is Cc1cc(NC(=O)COC(=O)CNC(=O)c2ccc(Cl)cc2)no1. The Hall–Kier alpha value is -2.87. The lowest BCUT2D eigenvalue weighted by molar-refractivity contribution is -0.146. The number of nitrogens with one attached hydrogen (secondary N) is 2. The van der Waals surface area contributed by atoms with E-state index in [1.165, 1.54) is 18.2 Å². The molecule has 0 aliphatic heterocycles. The molecule has 0 bridgehead atoms. The summed E-state index contributed by atoms with van der Waals surface area (Å²) < 4.78 is 9.52. The number of carbonyl (C=O) groups is 3. The lowest BCUT2D eigenvalue weighted by Crippen LogP contribution is -2.32. The molecule has 0 radical (unpaired) electrons. The van der Waals surface area contributed by atoms with Crippen LogP contribution in [-0.2, 0) is 14.3 Å². The van der Waals surface area contributed by atoms with Gasteiger partial charge in [-0.05, 0) is 31.2 Å². The average Bonchev–Trinajstić information content (AvgIpc) is 2.96. The van der Waals surface area contributed by atoms with Gasteiger partial charge in [0.05, 0.1) is 0 Å². The summed E-state index contributed by atoms with van der Waals surface area (Å²) in [6, 6.07) is 7.69. The molecule has 9 heteroatoms. The molecule has 0 aliphatic carbocycles. The number of aryl methyl sites for hydroxylation is 1. The highest BCUT2D eigenvalue weighted by molar-refractivity contribution is 6.30. The van der Waals surface area contributed by atoms with E-state index < -0.39 is 24.4 Å². The molecular weight excluding hydrogens is 338 g/mol. The maximum Gasteiger partial charge on any atom is 0.325 e. The maximum absolute atomic E-state index is 11.8. The Kier molecular flexibility index (Phi) is 5.91. The van der Waals surface area contributed by atoms with Crippen molar-refractivity contribution < 1.29 is 23.6 Å². The third-order valence-electron chi connectivity index (χ3n) is 2.76. The van der Waals surface area contributed by atoms with E-state index in [2.05, 4.69) is 15.8 Å². The van der Waals surface area contributed by atoms with Crippen LogP contribution in [0.5, 0.6) is 0 Å². The van der Waals surface area contributed by atoms with E-state index in [-0.39, 0.29) is 12.4 Å². The number of esters is 1. The van der Waals surface area contributed by atoms with Crippen molar-refractivity contribution in [3.63, 3.8) is 0 Å². The van der Waals surface area contributed by atoms with Gasteiger partial charge in [-0.1, -0.05) is 16.8 Å². The van der Waals surface area contributed by atoms with Gasteiger partial charge in [0, 0.05) is 16.7 Å². The second-order valence-electron chi connectivity index (χ2n) is 4.72. The molecule has 1 aromatic carbocycles. The van der Waals surface area contributed by atoms with Crippen molar-refractivity contribution in [2.75, 3.05) is 18.5 Å². The number of carbonyl (C=O) groups excluding carboxylic acids is 3. The van der Waals surface area contributed by atoms with Crippen molar-refractivity contribution in [3.05, 3.63) is 46.7 Å². The van der Waals surface area contributed by atoms with Crippen LogP contribution in [0.15, 0.2) is 34.9 Å². The van der Waals surface area contributed by atoms with Gasteiger partial charge in [0.15, 0.2) is 12.4 Å². The molecule has 0 saturated heterocycles. The van der Waals surface area contributed by atoms with Crippen LogP contribution in [0.2, 0.25) is 5.02 Å². The average molecular weight is 352 g/mol. The molecule has 0 saturated carbocycles. The van der Waals surface area contributed by atoms with E-state index in [1.807, 2.05) is 0 Å². The number of aromatic nitrogens is 1. The van der Waals surface area contributed by atoms with Crippen molar-refractivity contribution in [3.8, 4) is 0 Å². The molecule has 0 unspecified atom stereocenters. The molecule has 1 heterocycles. The Morgan fingerprint density at radius 2 is 1.96 bits per heavy atom. The first kappa shape index (κ1) is 17.5. The van der Waals surface area contributed by atoms with E-state index >= 15 is 0 Å². The lowest BCUT2D eigenvalue weighted by atomic mass is 10.2. The van der Waals surface area contributed by atoms with Crippen LogP contribution in [-0.4, -0.2) is 36.1 Å². The predicted molar refractivity (Wildman–Crippen MR) is 84.6 cm³/mol. The summed E-state index contributed by atoms with van der Waals surface area (Å²) in [5.74, 6) is -1.01. The summed E-state index contributed by atoms with van der Waals surface area (Å²) in [4.78, 5) is 34.9. The largest absolute Gasteiger partial charge is 0.454 e. The van der Waals surface area contributed by atoms with Crippen LogP contribution >= 0.6 is 11.6 Å². The van der Waals surface area contributed by atoms with Gasteiger partial charge < -0.3 is 19.9 Å². The van der Waals surface area contributed by atoms with Crippen molar-refractivity contribution in [1.29, 1.82) is 0 Å². The van der Waals surface area contributed by atoms with Crippen LogP contribution in [0.25, 0.3) is 0 Å². The molecule has 2 rings (SSSR count). The van der Waals surface area contributed by atoms with Gasteiger partial charge >= 0.3 is 5.97 Å². The molecule has 1 aromatic heterocycles. The summed E-state index contributed by atoms with van der Waals surface area (Å²) in [6.45, 7) is 0.811. The highest BCUT2D eigenvalue weighted by Crippen LogP contribution is 2.09. The molecule has 0 spiro atoms. The third-order valence-corrected chi connectivity index (χ3v) is 3.01. The molecule has 0 fully saturated rings. The lowest BCUT2D eigenvalue weighted by Gasteiger charge is -2.06. The van der Waals surface area contributed by atoms with E-state index in [4.69, 9.17) is 20.9 Å². The number of rotatable bonds is 6. The minimum absolute atomic E-state index is 0.226. The van der Waals surface area contributed by atoms with E-state index in [0.717, 1.165) is 0 Å². The monoisotopic (exact) mass is 351 g/mol. The standard InChI is InChI=1S/C15H14ClN3O5/c1-9-6-12(19-24-9)18-13(20)8-23-14(21)7-17-15(22)10-2-4-11(16)5-3-10/h2-6H,7-8H2,1H3,(H,17,22)(H,18,19,20). The molecular formula is C15H14ClN3O5. The highest BCUT2D eigenvalue weighted by atomic mass is 35.5. The minimum Gasteiger partial charge on any atom is -0.454 e. The predicted octanol–water partition coefficient (Wildman–Crippen LogP) is 1.55. The maximum atomic E-state index is 11.8. The van der Waals surface area contributed by atoms with Gasteiger partial charge in [-0.2, -0.15) is 0 Å². The zero-order valence-electron chi connectivity index (χ0n) is 12.7. The van der Waals surface area contributed by atoms with Gasteiger partial charge in [0.1, 0.15) is 12.3 Å². The zero-order chi connectivity index (χ0) is 17.5. The first-order chi connectivity index (χ1) is 11.4. The van der Waals surface area contributed by atoms with Gasteiger partial charge in [-0.25, -0.2) is 0 Å². The van der Waals surface area contributed by atoms with E-state index in [1.54, 1.807) is 19.1 Å². The number of hydrogen-bond acceptors (Lipinski definition) is 6. The van der Waals surface area contributed by atoms with Crippen LogP contribution in [0.3, 0.4) is 0 Å². The first-order valence-corrected chi connectivity index (χ1v) is 7.24. The minimum atomic E-state index is -0.746. The number of amides is 2. The topological polar surface area (TPSA) is 111 Å². The summed E-state index contributed by atoms with van der Waals surface area (Å²) in [5, 5.41) is 8.84. The summed E-state index contributed by atoms with van der Waals surface area (Å²) in [7, 11) is 0. The number of anilines is 1. The number of benzene rings is 1. The normalized spacial score (nSPS) is 10.1. The van der Waals surface area contributed by atoms with Crippen LogP contribution in [0.1, 0.15) is 16.1 Å². The molecule has 2 aromatic rings. The van der Waals surface area contributed by atoms with Crippen molar-refractivity contribution >= 4 is 35.2 Å². The van der Waals surface area contributed by atoms with Crippen LogP contribution in [0.4, 0.5) is 5.82 Å². The van der Waals surface area contributed by atoms with Gasteiger partial charge in [-0.3, -0.25) is 14.4 Å². The molecule has 2 amide bonds. The molecule has 126 valence electrons. The molecule has 24 heavy (non-hydrogen) atoms. The second kappa shape index (κ2) is 8.11.